The first kappa shape index (κ1) is 22.8. The lowest BCUT2D eigenvalue weighted by atomic mass is 10.1. The van der Waals surface area contributed by atoms with E-state index < -0.39 is 20.0 Å². The Morgan fingerprint density at radius 2 is 1.38 bits per heavy atom. The lowest BCUT2D eigenvalue weighted by Crippen LogP contribution is -2.39. The van der Waals surface area contributed by atoms with E-state index in [2.05, 4.69) is 5.32 Å². The highest BCUT2D eigenvalue weighted by molar-refractivity contribution is 7.89. The van der Waals surface area contributed by atoms with Crippen LogP contribution >= 0.6 is 0 Å². The van der Waals surface area contributed by atoms with E-state index in [1.54, 1.807) is 31.3 Å². The Bertz CT molecular complexity index is 1070. The van der Waals surface area contributed by atoms with Crippen molar-refractivity contribution in [1.29, 1.82) is 0 Å². The molecule has 0 aliphatic rings. The molecule has 158 valence electrons. The lowest BCUT2D eigenvalue weighted by Gasteiger charge is -2.25. The first-order valence-electron chi connectivity index (χ1n) is 8.65. The zero-order chi connectivity index (χ0) is 21.8. The summed E-state index contributed by atoms with van der Waals surface area (Å²) in [5.41, 5.74) is 1.61. The van der Waals surface area contributed by atoms with Gasteiger partial charge in [-0.3, -0.25) is 0 Å². The van der Waals surface area contributed by atoms with Gasteiger partial charge in [0.15, 0.2) is 0 Å². The van der Waals surface area contributed by atoms with E-state index >= 15 is 0 Å². The van der Waals surface area contributed by atoms with Crippen LogP contribution in [-0.4, -0.2) is 41.4 Å². The highest BCUT2D eigenvalue weighted by Gasteiger charge is 2.18. The summed E-state index contributed by atoms with van der Waals surface area (Å²) in [6.07, 6.45) is 0.516. The maximum atomic E-state index is 12.4. The maximum absolute atomic E-state index is 12.4. The SMILES string of the molecule is CC(c1ccc(S(N)(=O)=O)cc1)N(C)C(=O)NCCc1ccc(S(N)(=O)=O)cc1. The quantitative estimate of drug-likeness (QED) is 0.584. The molecule has 1 atom stereocenters. The van der Waals surface area contributed by atoms with Gasteiger partial charge in [-0.15, -0.1) is 0 Å². The molecule has 0 heterocycles. The molecule has 0 saturated carbocycles. The number of nitrogens with one attached hydrogen (secondary N) is 1. The van der Waals surface area contributed by atoms with E-state index in [0.29, 0.717) is 13.0 Å². The summed E-state index contributed by atoms with van der Waals surface area (Å²) >= 11 is 0. The number of carbonyl (C=O) groups excluding carboxylic acids is 1. The summed E-state index contributed by atoms with van der Waals surface area (Å²) in [6.45, 7) is 2.17. The molecule has 0 saturated heterocycles. The molecule has 2 amide bonds. The topological polar surface area (TPSA) is 153 Å². The molecule has 0 fully saturated rings. The van der Waals surface area contributed by atoms with Crippen LogP contribution in [0.2, 0.25) is 0 Å². The Morgan fingerprint density at radius 3 is 1.83 bits per heavy atom. The molecule has 0 bridgehead atoms. The van der Waals surface area contributed by atoms with Crippen molar-refractivity contribution in [3.63, 3.8) is 0 Å². The van der Waals surface area contributed by atoms with Gasteiger partial charge in [-0.2, -0.15) is 0 Å². The van der Waals surface area contributed by atoms with Crippen molar-refractivity contribution in [3.05, 3.63) is 59.7 Å². The van der Waals surface area contributed by atoms with Crippen LogP contribution in [0.1, 0.15) is 24.1 Å². The molecule has 29 heavy (non-hydrogen) atoms. The molecule has 9 nitrogen and oxygen atoms in total. The molecular weight excluding hydrogens is 416 g/mol. The normalized spacial score (nSPS) is 13.0. The van der Waals surface area contributed by atoms with Crippen LogP contribution in [0.5, 0.6) is 0 Å². The van der Waals surface area contributed by atoms with E-state index in [9.17, 15) is 21.6 Å². The molecule has 2 aromatic rings. The number of benzene rings is 2. The lowest BCUT2D eigenvalue weighted by molar-refractivity contribution is 0.194. The second-order valence-electron chi connectivity index (χ2n) is 6.57. The predicted molar refractivity (Wildman–Crippen MR) is 109 cm³/mol. The number of primary sulfonamides is 2. The van der Waals surface area contributed by atoms with Crippen molar-refractivity contribution >= 4 is 26.1 Å². The smallest absolute Gasteiger partial charge is 0.317 e. The molecule has 2 rings (SSSR count). The number of carbonyl (C=O) groups is 1. The Labute approximate surface area is 170 Å². The largest absolute Gasteiger partial charge is 0.338 e. The minimum atomic E-state index is -3.76. The first-order chi connectivity index (χ1) is 13.4. The number of hydrogen-bond donors (Lipinski definition) is 3. The van der Waals surface area contributed by atoms with Crippen LogP contribution in [0.4, 0.5) is 4.79 Å². The van der Waals surface area contributed by atoms with Gasteiger partial charge in [-0.1, -0.05) is 24.3 Å². The highest BCUT2D eigenvalue weighted by Crippen LogP contribution is 2.20. The minimum Gasteiger partial charge on any atom is -0.338 e. The van der Waals surface area contributed by atoms with Crippen LogP contribution in [0.15, 0.2) is 58.3 Å². The summed E-state index contributed by atoms with van der Waals surface area (Å²) < 4.78 is 45.2. The van der Waals surface area contributed by atoms with Gasteiger partial charge in [-0.25, -0.2) is 31.9 Å². The summed E-state index contributed by atoms with van der Waals surface area (Å²) in [7, 11) is -5.86. The van der Waals surface area contributed by atoms with E-state index in [1.807, 2.05) is 6.92 Å². The van der Waals surface area contributed by atoms with Crippen molar-refractivity contribution in [1.82, 2.24) is 10.2 Å². The number of amides is 2. The zero-order valence-electron chi connectivity index (χ0n) is 16.1. The summed E-state index contributed by atoms with van der Waals surface area (Å²) in [6, 6.07) is 11.6. The van der Waals surface area contributed by atoms with Gasteiger partial charge in [0.25, 0.3) is 0 Å². The Hall–Kier alpha value is -2.47. The van der Waals surface area contributed by atoms with Crippen LogP contribution in [0, 0.1) is 0 Å². The zero-order valence-corrected chi connectivity index (χ0v) is 17.7. The Kier molecular flexibility index (Phi) is 7.01. The van der Waals surface area contributed by atoms with Crippen LogP contribution in [0.25, 0.3) is 0 Å². The molecule has 0 spiro atoms. The molecule has 0 aliphatic carbocycles. The summed E-state index contributed by atoms with van der Waals surface area (Å²) in [4.78, 5) is 13.9. The van der Waals surface area contributed by atoms with Crippen molar-refractivity contribution in [2.75, 3.05) is 13.6 Å². The van der Waals surface area contributed by atoms with Crippen molar-refractivity contribution < 1.29 is 21.6 Å². The fourth-order valence-corrected chi connectivity index (χ4v) is 3.65. The van der Waals surface area contributed by atoms with Crippen LogP contribution < -0.4 is 15.6 Å². The number of nitrogens with two attached hydrogens (primary N) is 2. The summed E-state index contributed by atoms with van der Waals surface area (Å²) in [5, 5.41) is 12.9. The van der Waals surface area contributed by atoms with Gasteiger partial charge < -0.3 is 10.2 Å². The number of rotatable bonds is 7. The number of sulfonamides is 2. The molecule has 1 unspecified atom stereocenters. The highest BCUT2D eigenvalue weighted by atomic mass is 32.2. The van der Waals surface area contributed by atoms with Gasteiger partial charge >= 0.3 is 6.03 Å². The molecule has 5 N–H and O–H groups in total. The molecule has 2 aromatic carbocycles. The number of nitrogens with zero attached hydrogens (tertiary/aromatic N) is 1. The third-order valence-corrected chi connectivity index (χ3v) is 6.39. The number of hydrogen-bond acceptors (Lipinski definition) is 5. The average molecular weight is 441 g/mol. The second kappa shape index (κ2) is 8.91. The standard InChI is InChI=1S/C18H24N4O5S2/c1-13(15-5-9-17(10-6-15)29(20,26)27)22(2)18(23)21-12-11-14-3-7-16(8-4-14)28(19,24)25/h3-10,13H,11-12H2,1-2H3,(H,21,23)(H2,19,24,25)(H2,20,26,27). The maximum Gasteiger partial charge on any atom is 0.317 e. The van der Waals surface area contributed by atoms with Crippen LogP contribution in [-0.2, 0) is 26.5 Å². The molecule has 0 aromatic heterocycles. The molecule has 11 heteroatoms. The fourth-order valence-electron chi connectivity index (χ4n) is 2.62. The van der Waals surface area contributed by atoms with Gasteiger partial charge in [0.1, 0.15) is 0 Å². The van der Waals surface area contributed by atoms with E-state index in [0.717, 1.165) is 11.1 Å². The second-order valence-corrected chi connectivity index (χ2v) is 9.69. The van der Waals surface area contributed by atoms with Crippen molar-refractivity contribution in [2.24, 2.45) is 10.3 Å². The van der Waals surface area contributed by atoms with E-state index in [1.165, 1.54) is 29.2 Å². The van der Waals surface area contributed by atoms with E-state index in [4.69, 9.17) is 10.3 Å². The van der Waals surface area contributed by atoms with Gasteiger partial charge in [0, 0.05) is 13.6 Å². The fraction of sp³-hybridized carbons (Fsp3) is 0.278. The van der Waals surface area contributed by atoms with Crippen molar-refractivity contribution in [2.45, 2.75) is 29.2 Å². The Morgan fingerprint density at radius 1 is 0.931 bits per heavy atom. The predicted octanol–water partition coefficient (Wildman–Crippen LogP) is 0.927. The Balaban J connectivity index is 1.91. The van der Waals surface area contributed by atoms with Gasteiger partial charge in [-0.05, 0) is 48.7 Å². The van der Waals surface area contributed by atoms with Gasteiger partial charge in [0.05, 0.1) is 15.8 Å². The molecule has 0 radical (unpaired) electrons. The third kappa shape index (κ3) is 6.26. The van der Waals surface area contributed by atoms with Crippen LogP contribution in [0.3, 0.4) is 0 Å². The molecule has 0 aliphatic heterocycles. The first-order valence-corrected chi connectivity index (χ1v) is 11.7. The van der Waals surface area contributed by atoms with Gasteiger partial charge in [0.2, 0.25) is 20.0 Å². The molecular formula is C18H24N4O5S2. The van der Waals surface area contributed by atoms with Crippen molar-refractivity contribution in [3.8, 4) is 0 Å². The minimum absolute atomic E-state index is 0.00834. The monoisotopic (exact) mass is 440 g/mol. The average Bonchev–Trinajstić information content (AvgIpc) is 2.66. The van der Waals surface area contributed by atoms with E-state index in [-0.39, 0.29) is 21.9 Å². The summed E-state index contributed by atoms with van der Waals surface area (Å²) in [5.74, 6) is 0. The third-order valence-electron chi connectivity index (χ3n) is 4.53. The number of urea groups is 1.